The van der Waals surface area contributed by atoms with Gasteiger partial charge in [0.1, 0.15) is 5.60 Å². The molecule has 0 atom stereocenters. The summed E-state index contributed by atoms with van der Waals surface area (Å²) in [5.41, 5.74) is -0.195. The van der Waals surface area contributed by atoms with Gasteiger partial charge in [-0.05, 0) is 51.9 Å². The van der Waals surface area contributed by atoms with Crippen LogP contribution in [-0.4, -0.2) is 42.8 Å². The Morgan fingerprint density at radius 1 is 1.15 bits per heavy atom. The topological polar surface area (TPSA) is 55.8 Å². The van der Waals surface area contributed by atoms with Crippen LogP contribution >= 0.6 is 0 Å². The highest BCUT2D eigenvalue weighted by atomic mass is 16.6. The summed E-state index contributed by atoms with van der Waals surface area (Å²) in [6, 6.07) is 0.239. The third-order valence-electron chi connectivity index (χ3n) is 4.46. The van der Waals surface area contributed by atoms with Crippen molar-refractivity contribution in [3.63, 3.8) is 0 Å². The highest BCUT2D eigenvalue weighted by Gasteiger charge is 2.56. The molecule has 5 nitrogen and oxygen atoms in total. The summed E-state index contributed by atoms with van der Waals surface area (Å²) in [5.74, 6) is -0.0349. The van der Waals surface area contributed by atoms with Crippen molar-refractivity contribution < 1.29 is 19.1 Å². The zero-order chi connectivity index (χ0) is 15.1. The van der Waals surface area contributed by atoms with Crippen LogP contribution in [0.4, 0.5) is 4.79 Å². The number of methoxy groups -OCH3 is 1. The molecule has 0 aromatic rings. The fraction of sp³-hybridized carbons (Fsp3) is 0.867. The number of hydrogen-bond acceptors (Lipinski definition) is 4. The summed E-state index contributed by atoms with van der Waals surface area (Å²) >= 11 is 0. The highest BCUT2D eigenvalue weighted by molar-refractivity contribution is 5.74. The summed E-state index contributed by atoms with van der Waals surface area (Å²) in [4.78, 5) is 25.1. The molecule has 0 saturated heterocycles. The number of ether oxygens (including phenoxy) is 2. The molecule has 1 spiro atoms. The molecule has 0 aromatic heterocycles. The Hall–Kier alpha value is -1.26. The molecule has 5 heteroatoms. The van der Waals surface area contributed by atoms with Gasteiger partial charge in [0.25, 0.3) is 0 Å². The van der Waals surface area contributed by atoms with Crippen LogP contribution < -0.4 is 0 Å². The number of carbonyl (C=O) groups is 2. The molecule has 114 valence electrons. The van der Waals surface area contributed by atoms with Gasteiger partial charge in [0.2, 0.25) is 0 Å². The predicted octanol–water partition coefficient (Wildman–Crippen LogP) is 2.59. The van der Waals surface area contributed by atoms with Gasteiger partial charge >= 0.3 is 12.1 Å². The molecule has 0 aliphatic heterocycles. The Morgan fingerprint density at radius 2 is 1.70 bits per heavy atom. The van der Waals surface area contributed by atoms with Crippen molar-refractivity contribution in [1.29, 1.82) is 0 Å². The van der Waals surface area contributed by atoms with Crippen LogP contribution in [0.5, 0.6) is 0 Å². The van der Waals surface area contributed by atoms with Gasteiger partial charge in [-0.25, -0.2) is 4.79 Å². The van der Waals surface area contributed by atoms with E-state index in [1.807, 2.05) is 20.8 Å². The molecule has 2 saturated carbocycles. The zero-order valence-electron chi connectivity index (χ0n) is 13.1. The van der Waals surface area contributed by atoms with Crippen LogP contribution in [0.3, 0.4) is 0 Å². The largest absolute Gasteiger partial charge is 0.469 e. The first-order chi connectivity index (χ1) is 9.16. The van der Waals surface area contributed by atoms with E-state index >= 15 is 0 Å². The number of rotatable bonds is 2. The van der Waals surface area contributed by atoms with Crippen molar-refractivity contribution >= 4 is 12.1 Å². The second kappa shape index (κ2) is 4.93. The summed E-state index contributed by atoms with van der Waals surface area (Å²) < 4.78 is 10.1. The van der Waals surface area contributed by atoms with E-state index in [4.69, 9.17) is 9.47 Å². The minimum absolute atomic E-state index is 0.0628. The molecule has 0 heterocycles. The SMILES string of the molecule is COC(=O)C1CC2(C1)CC(N(C)C(=O)OC(C)(C)C)C2. The van der Waals surface area contributed by atoms with Gasteiger partial charge in [0, 0.05) is 13.1 Å². The maximum Gasteiger partial charge on any atom is 0.410 e. The molecule has 2 aliphatic rings. The Morgan fingerprint density at radius 3 is 2.15 bits per heavy atom. The van der Waals surface area contributed by atoms with Crippen molar-refractivity contribution in [2.24, 2.45) is 11.3 Å². The van der Waals surface area contributed by atoms with E-state index in [0.29, 0.717) is 0 Å². The van der Waals surface area contributed by atoms with Crippen LogP contribution in [0.1, 0.15) is 46.5 Å². The lowest BCUT2D eigenvalue weighted by molar-refractivity contribution is -0.162. The average molecular weight is 283 g/mol. The lowest BCUT2D eigenvalue weighted by atomic mass is 9.50. The Kier molecular flexibility index (Phi) is 3.73. The van der Waals surface area contributed by atoms with E-state index in [9.17, 15) is 9.59 Å². The summed E-state index contributed by atoms with van der Waals surface area (Å²) in [6.45, 7) is 5.61. The Balaban J connectivity index is 1.77. The predicted molar refractivity (Wildman–Crippen MR) is 74.2 cm³/mol. The van der Waals surface area contributed by atoms with E-state index < -0.39 is 5.60 Å². The second-order valence-corrected chi connectivity index (χ2v) is 7.28. The molecule has 2 rings (SSSR count). The fourth-order valence-electron chi connectivity index (χ4n) is 3.35. The van der Waals surface area contributed by atoms with Crippen LogP contribution in [0.25, 0.3) is 0 Å². The van der Waals surface area contributed by atoms with E-state index in [0.717, 1.165) is 25.7 Å². The van der Waals surface area contributed by atoms with E-state index in [1.54, 1.807) is 11.9 Å². The van der Waals surface area contributed by atoms with Crippen molar-refractivity contribution in [3.8, 4) is 0 Å². The third kappa shape index (κ3) is 2.91. The van der Waals surface area contributed by atoms with Crippen LogP contribution in [0, 0.1) is 11.3 Å². The molecule has 0 radical (unpaired) electrons. The number of hydrogen-bond donors (Lipinski definition) is 0. The summed E-state index contributed by atoms with van der Waals surface area (Å²) in [6.07, 6.45) is 3.48. The molecule has 0 N–H and O–H groups in total. The number of amides is 1. The quantitative estimate of drug-likeness (QED) is 0.731. The monoisotopic (exact) mass is 283 g/mol. The molecular formula is C15H25NO4. The van der Waals surface area contributed by atoms with Gasteiger partial charge < -0.3 is 14.4 Å². The zero-order valence-corrected chi connectivity index (χ0v) is 13.1. The van der Waals surface area contributed by atoms with Gasteiger partial charge in [-0.2, -0.15) is 0 Å². The van der Waals surface area contributed by atoms with Gasteiger partial charge in [-0.3, -0.25) is 4.79 Å². The molecule has 0 unspecified atom stereocenters. The maximum atomic E-state index is 12.0. The molecule has 2 fully saturated rings. The maximum absolute atomic E-state index is 12.0. The molecule has 0 bridgehead atoms. The minimum Gasteiger partial charge on any atom is -0.469 e. The molecule has 2 aliphatic carbocycles. The van der Waals surface area contributed by atoms with Gasteiger partial charge in [0.15, 0.2) is 0 Å². The van der Waals surface area contributed by atoms with E-state index in [-0.39, 0.29) is 29.4 Å². The highest BCUT2D eigenvalue weighted by Crippen LogP contribution is 2.60. The van der Waals surface area contributed by atoms with Crippen molar-refractivity contribution in [1.82, 2.24) is 4.90 Å². The lowest BCUT2D eigenvalue weighted by Crippen LogP contribution is -2.58. The number of nitrogens with zero attached hydrogens (tertiary/aromatic N) is 1. The lowest BCUT2D eigenvalue weighted by Gasteiger charge is -2.58. The standard InChI is InChI=1S/C15H25NO4/c1-14(2,3)20-13(18)16(4)11-8-15(9-11)6-10(7-15)12(17)19-5/h10-11H,6-9H2,1-5H3. The Labute approximate surface area is 120 Å². The van der Waals surface area contributed by atoms with Gasteiger partial charge in [-0.15, -0.1) is 0 Å². The van der Waals surface area contributed by atoms with Crippen molar-refractivity contribution in [3.05, 3.63) is 0 Å². The summed E-state index contributed by atoms with van der Waals surface area (Å²) in [5, 5.41) is 0. The van der Waals surface area contributed by atoms with Crippen molar-refractivity contribution in [2.45, 2.75) is 58.1 Å². The number of carbonyl (C=O) groups excluding carboxylic acids is 2. The van der Waals surface area contributed by atoms with Crippen molar-refractivity contribution in [2.75, 3.05) is 14.2 Å². The summed E-state index contributed by atoms with van der Waals surface area (Å²) in [7, 11) is 3.23. The smallest absolute Gasteiger partial charge is 0.410 e. The van der Waals surface area contributed by atoms with Crippen LogP contribution in [-0.2, 0) is 14.3 Å². The van der Waals surface area contributed by atoms with Crippen LogP contribution in [0.2, 0.25) is 0 Å². The first kappa shape index (κ1) is 15.1. The molecule has 1 amide bonds. The third-order valence-corrected chi connectivity index (χ3v) is 4.46. The van der Waals surface area contributed by atoms with Crippen LogP contribution in [0.15, 0.2) is 0 Å². The molecule has 0 aromatic carbocycles. The van der Waals surface area contributed by atoms with E-state index in [2.05, 4.69) is 0 Å². The Bertz CT molecular complexity index is 399. The first-order valence-corrected chi connectivity index (χ1v) is 7.19. The molecular weight excluding hydrogens is 258 g/mol. The molecule has 20 heavy (non-hydrogen) atoms. The van der Waals surface area contributed by atoms with E-state index in [1.165, 1.54) is 7.11 Å². The minimum atomic E-state index is -0.459. The number of esters is 1. The fourth-order valence-corrected chi connectivity index (χ4v) is 3.35. The second-order valence-electron chi connectivity index (χ2n) is 7.28. The van der Waals surface area contributed by atoms with Gasteiger partial charge in [0.05, 0.1) is 13.0 Å². The van der Waals surface area contributed by atoms with Gasteiger partial charge in [-0.1, -0.05) is 0 Å². The normalized spacial score (nSPS) is 32.0. The average Bonchev–Trinajstić information content (AvgIpc) is 2.21. The first-order valence-electron chi connectivity index (χ1n) is 7.19.